The Morgan fingerprint density at radius 2 is 1.87 bits per heavy atom. The maximum Gasteiger partial charge on any atom is 0.236 e. The van der Waals surface area contributed by atoms with Gasteiger partial charge in [-0.05, 0) is 50.8 Å². The molecule has 0 spiro atoms. The summed E-state index contributed by atoms with van der Waals surface area (Å²) in [6.45, 7) is 4.07. The lowest BCUT2D eigenvalue weighted by Gasteiger charge is -2.34. The molecule has 0 bridgehead atoms. The summed E-state index contributed by atoms with van der Waals surface area (Å²) in [7, 11) is 3.24. The summed E-state index contributed by atoms with van der Waals surface area (Å²) in [6, 6.07) is 5.79. The van der Waals surface area contributed by atoms with Crippen molar-refractivity contribution in [2.75, 3.05) is 14.2 Å². The Balaban J connectivity index is 1.95. The molecule has 1 saturated carbocycles. The van der Waals surface area contributed by atoms with Crippen molar-refractivity contribution in [1.82, 2.24) is 10.1 Å². The second-order valence-corrected chi connectivity index (χ2v) is 6.63. The van der Waals surface area contributed by atoms with Crippen LogP contribution in [0.5, 0.6) is 11.5 Å². The lowest BCUT2D eigenvalue weighted by Crippen LogP contribution is -2.44. The lowest BCUT2D eigenvalue weighted by molar-refractivity contribution is 0.228. The highest BCUT2D eigenvalue weighted by molar-refractivity contribution is 5.46. The minimum atomic E-state index is -0.453. The molecule has 2 N–H and O–H groups in total. The van der Waals surface area contributed by atoms with Crippen LogP contribution in [0.25, 0.3) is 0 Å². The van der Waals surface area contributed by atoms with Gasteiger partial charge in [0.2, 0.25) is 5.89 Å². The molecular weight excluding hydrogens is 294 g/mol. The third-order valence-electron chi connectivity index (χ3n) is 4.76. The van der Waals surface area contributed by atoms with Crippen molar-refractivity contribution in [2.24, 2.45) is 5.73 Å². The van der Waals surface area contributed by atoms with Gasteiger partial charge in [0.25, 0.3) is 0 Å². The van der Waals surface area contributed by atoms with Crippen LogP contribution in [-0.4, -0.2) is 24.4 Å². The molecular formula is C17H23N3O3. The molecule has 6 nitrogen and oxygen atoms in total. The highest BCUT2D eigenvalue weighted by atomic mass is 16.5. The number of nitrogens with zero attached hydrogens (tertiary/aromatic N) is 2. The quantitative estimate of drug-likeness (QED) is 0.913. The Bertz CT molecular complexity index is 705. The Kier molecular flexibility index (Phi) is 3.80. The third-order valence-corrected chi connectivity index (χ3v) is 4.76. The van der Waals surface area contributed by atoms with E-state index >= 15 is 0 Å². The van der Waals surface area contributed by atoms with E-state index in [-0.39, 0.29) is 0 Å². The first-order chi connectivity index (χ1) is 10.9. The monoisotopic (exact) mass is 317 g/mol. The molecule has 1 aliphatic carbocycles. The summed E-state index contributed by atoms with van der Waals surface area (Å²) in [5.74, 6) is 2.52. The molecule has 0 atom stereocenters. The number of aromatic nitrogens is 2. The molecule has 1 heterocycles. The van der Waals surface area contributed by atoms with E-state index in [0.717, 1.165) is 24.8 Å². The predicted octanol–water partition coefficient (Wildman–Crippen LogP) is 2.75. The van der Waals surface area contributed by atoms with Gasteiger partial charge in [-0.25, -0.2) is 0 Å². The fourth-order valence-corrected chi connectivity index (χ4v) is 2.81. The first-order valence-corrected chi connectivity index (χ1v) is 7.77. The van der Waals surface area contributed by atoms with Crippen molar-refractivity contribution in [3.8, 4) is 11.5 Å². The molecule has 3 rings (SSSR count). The van der Waals surface area contributed by atoms with Crippen LogP contribution in [-0.2, 0) is 11.0 Å². The number of hydrogen-bond acceptors (Lipinski definition) is 6. The Labute approximate surface area is 136 Å². The van der Waals surface area contributed by atoms with Gasteiger partial charge in [-0.3, -0.25) is 0 Å². The van der Waals surface area contributed by atoms with E-state index in [4.69, 9.17) is 19.7 Å². The average Bonchev–Trinajstić information content (AvgIpc) is 3.02. The standard InChI is InChI=1S/C17H23N3O3/c1-16(2,11-6-7-12(21-3)13(10-11)22-4)15-19-14(20-23-15)17(18)8-5-9-17/h6-7,10H,5,8-9,18H2,1-4H3. The van der Waals surface area contributed by atoms with Gasteiger partial charge in [0.1, 0.15) is 0 Å². The number of benzene rings is 1. The summed E-state index contributed by atoms with van der Waals surface area (Å²) in [6.07, 6.45) is 2.92. The van der Waals surface area contributed by atoms with E-state index in [0.29, 0.717) is 23.2 Å². The SMILES string of the molecule is COc1ccc(C(C)(C)c2nc(C3(N)CCC3)no2)cc1OC. The van der Waals surface area contributed by atoms with Gasteiger partial charge in [0.15, 0.2) is 17.3 Å². The molecule has 0 radical (unpaired) electrons. The Morgan fingerprint density at radius 1 is 1.17 bits per heavy atom. The topological polar surface area (TPSA) is 83.4 Å². The smallest absolute Gasteiger partial charge is 0.236 e. The summed E-state index contributed by atoms with van der Waals surface area (Å²) >= 11 is 0. The normalized spacial score (nSPS) is 16.7. The molecule has 6 heteroatoms. The van der Waals surface area contributed by atoms with Crippen LogP contribution < -0.4 is 15.2 Å². The highest BCUT2D eigenvalue weighted by Crippen LogP contribution is 2.40. The Morgan fingerprint density at radius 3 is 2.43 bits per heavy atom. The van der Waals surface area contributed by atoms with Gasteiger partial charge >= 0.3 is 0 Å². The maximum atomic E-state index is 6.28. The van der Waals surface area contributed by atoms with Gasteiger partial charge in [0.05, 0.1) is 25.2 Å². The van der Waals surface area contributed by atoms with Crippen molar-refractivity contribution in [1.29, 1.82) is 0 Å². The minimum Gasteiger partial charge on any atom is -0.493 e. The highest BCUT2D eigenvalue weighted by Gasteiger charge is 2.41. The van der Waals surface area contributed by atoms with Crippen molar-refractivity contribution in [3.05, 3.63) is 35.5 Å². The molecule has 1 aromatic heterocycles. The van der Waals surface area contributed by atoms with Gasteiger partial charge in [-0.15, -0.1) is 0 Å². The van der Waals surface area contributed by atoms with E-state index in [1.165, 1.54) is 0 Å². The van der Waals surface area contributed by atoms with Gasteiger partial charge in [-0.2, -0.15) is 4.98 Å². The molecule has 124 valence electrons. The van der Waals surface area contributed by atoms with Crippen molar-refractivity contribution >= 4 is 0 Å². The van der Waals surface area contributed by atoms with Crippen LogP contribution in [0.1, 0.15) is 50.4 Å². The molecule has 0 saturated heterocycles. The molecule has 23 heavy (non-hydrogen) atoms. The fraction of sp³-hybridized carbons (Fsp3) is 0.529. The summed E-state index contributed by atoms with van der Waals surface area (Å²) < 4.78 is 16.2. The van der Waals surface area contributed by atoms with E-state index in [2.05, 4.69) is 10.1 Å². The second-order valence-electron chi connectivity index (χ2n) is 6.63. The number of ether oxygens (including phenoxy) is 2. The molecule has 1 aliphatic rings. The molecule has 0 aliphatic heterocycles. The van der Waals surface area contributed by atoms with E-state index in [9.17, 15) is 0 Å². The minimum absolute atomic E-state index is 0.421. The van der Waals surface area contributed by atoms with Crippen molar-refractivity contribution in [2.45, 2.75) is 44.1 Å². The lowest BCUT2D eigenvalue weighted by atomic mass is 9.77. The molecule has 1 fully saturated rings. The number of hydrogen-bond donors (Lipinski definition) is 1. The van der Waals surface area contributed by atoms with E-state index < -0.39 is 11.0 Å². The summed E-state index contributed by atoms with van der Waals surface area (Å²) in [5.41, 5.74) is 6.41. The summed E-state index contributed by atoms with van der Waals surface area (Å²) in [4.78, 5) is 4.58. The number of rotatable bonds is 5. The van der Waals surface area contributed by atoms with Gasteiger partial charge in [-0.1, -0.05) is 11.2 Å². The van der Waals surface area contributed by atoms with Crippen LogP contribution in [0.15, 0.2) is 22.7 Å². The zero-order chi connectivity index (χ0) is 16.7. The van der Waals surface area contributed by atoms with Gasteiger partial charge in [0, 0.05) is 0 Å². The van der Waals surface area contributed by atoms with E-state index in [1.54, 1.807) is 14.2 Å². The first kappa shape index (κ1) is 15.8. The zero-order valence-corrected chi connectivity index (χ0v) is 14.0. The summed E-state index contributed by atoms with van der Waals surface area (Å²) in [5, 5.41) is 4.11. The predicted molar refractivity (Wildman–Crippen MR) is 85.7 cm³/mol. The zero-order valence-electron chi connectivity index (χ0n) is 14.0. The largest absolute Gasteiger partial charge is 0.493 e. The van der Waals surface area contributed by atoms with Gasteiger partial charge < -0.3 is 19.7 Å². The maximum absolute atomic E-state index is 6.28. The molecule has 1 aromatic carbocycles. The van der Waals surface area contributed by atoms with E-state index in [1.807, 2.05) is 32.0 Å². The molecule has 0 unspecified atom stereocenters. The van der Waals surface area contributed by atoms with Crippen molar-refractivity contribution < 1.29 is 14.0 Å². The Hall–Kier alpha value is -2.08. The van der Waals surface area contributed by atoms with Crippen molar-refractivity contribution in [3.63, 3.8) is 0 Å². The average molecular weight is 317 g/mol. The fourth-order valence-electron chi connectivity index (χ4n) is 2.81. The van der Waals surface area contributed by atoms with Crippen LogP contribution in [0.3, 0.4) is 0 Å². The third kappa shape index (κ3) is 2.57. The molecule has 0 amide bonds. The van der Waals surface area contributed by atoms with Crippen LogP contribution >= 0.6 is 0 Å². The second kappa shape index (κ2) is 5.53. The van der Waals surface area contributed by atoms with Crippen LogP contribution in [0, 0.1) is 0 Å². The first-order valence-electron chi connectivity index (χ1n) is 7.77. The number of methoxy groups -OCH3 is 2. The van der Waals surface area contributed by atoms with Crippen LogP contribution in [0.2, 0.25) is 0 Å². The van der Waals surface area contributed by atoms with Crippen LogP contribution in [0.4, 0.5) is 0 Å². The molecule has 2 aromatic rings. The number of nitrogens with two attached hydrogens (primary N) is 1.